The van der Waals surface area contributed by atoms with Crippen molar-refractivity contribution in [2.24, 2.45) is 0 Å². The Morgan fingerprint density at radius 2 is 2.55 bits per heavy atom. The Balaban J connectivity index is 2.17. The first-order valence-electron chi connectivity index (χ1n) is 3.69. The number of halogens is 1. The Morgan fingerprint density at radius 1 is 1.73 bits per heavy atom. The Hall–Kier alpha value is -0.0900. The Bertz CT molecular complexity index is 132. The molecule has 1 rings (SSSR count). The largest absolute Gasteiger partial charge is 0.463 e. The maximum atomic E-state index is 11.0. The molecule has 0 aromatic carbocycles. The SMILES string of the molecule is O=C(OCCBr)C1CCCO1. The highest BCUT2D eigenvalue weighted by Crippen LogP contribution is 2.12. The van der Waals surface area contributed by atoms with Gasteiger partial charge in [0.25, 0.3) is 0 Å². The highest BCUT2D eigenvalue weighted by molar-refractivity contribution is 9.09. The zero-order chi connectivity index (χ0) is 8.10. The summed E-state index contributed by atoms with van der Waals surface area (Å²) < 4.78 is 9.99. The summed E-state index contributed by atoms with van der Waals surface area (Å²) in [6.07, 6.45) is 1.48. The van der Waals surface area contributed by atoms with Crippen LogP contribution in [0.3, 0.4) is 0 Å². The molecule has 1 aliphatic heterocycles. The van der Waals surface area contributed by atoms with Crippen LogP contribution in [0.15, 0.2) is 0 Å². The van der Waals surface area contributed by atoms with Crippen molar-refractivity contribution in [3.63, 3.8) is 0 Å². The van der Waals surface area contributed by atoms with Crippen LogP contribution < -0.4 is 0 Å². The van der Waals surface area contributed by atoms with Crippen molar-refractivity contribution in [1.82, 2.24) is 0 Å². The number of carbonyl (C=O) groups excluding carboxylic acids is 1. The minimum Gasteiger partial charge on any atom is -0.463 e. The molecule has 1 fully saturated rings. The van der Waals surface area contributed by atoms with Gasteiger partial charge in [0.2, 0.25) is 0 Å². The van der Waals surface area contributed by atoms with E-state index in [9.17, 15) is 4.79 Å². The molecule has 0 bridgehead atoms. The van der Waals surface area contributed by atoms with Gasteiger partial charge in [0.15, 0.2) is 6.10 Å². The molecule has 0 aromatic heterocycles. The number of ether oxygens (including phenoxy) is 2. The number of hydrogen-bond donors (Lipinski definition) is 0. The summed E-state index contributed by atoms with van der Waals surface area (Å²) in [6, 6.07) is 0. The van der Waals surface area contributed by atoms with E-state index >= 15 is 0 Å². The lowest BCUT2D eigenvalue weighted by molar-refractivity contribution is -0.153. The van der Waals surface area contributed by atoms with Gasteiger partial charge in [-0.2, -0.15) is 0 Å². The molecule has 0 amide bonds. The third-order valence-corrected chi connectivity index (χ3v) is 1.84. The Labute approximate surface area is 74.2 Å². The molecule has 3 nitrogen and oxygen atoms in total. The summed E-state index contributed by atoms with van der Waals surface area (Å²) in [5.74, 6) is -0.220. The van der Waals surface area contributed by atoms with E-state index < -0.39 is 0 Å². The standard InChI is InChI=1S/C7H11BrO3/c8-3-5-11-7(9)6-2-1-4-10-6/h6H,1-5H2. The fourth-order valence-electron chi connectivity index (χ4n) is 0.996. The average Bonchev–Trinajstić information content (AvgIpc) is 2.52. The maximum absolute atomic E-state index is 11.0. The number of esters is 1. The summed E-state index contributed by atoms with van der Waals surface area (Å²) in [4.78, 5) is 11.0. The smallest absolute Gasteiger partial charge is 0.335 e. The number of carbonyl (C=O) groups is 1. The van der Waals surface area contributed by atoms with Gasteiger partial charge in [-0.05, 0) is 12.8 Å². The lowest BCUT2D eigenvalue weighted by Crippen LogP contribution is -2.22. The first-order valence-corrected chi connectivity index (χ1v) is 4.81. The molecule has 0 saturated carbocycles. The number of rotatable bonds is 3. The Kier molecular flexibility index (Phi) is 3.86. The van der Waals surface area contributed by atoms with E-state index in [1.807, 2.05) is 0 Å². The van der Waals surface area contributed by atoms with E-state index in [2.05, 4.69) is 15.9 Å². The second-order valence-electron chi connectivity index (χ2n) is 2.36. The summed E-state index contributed by atoms with van der Waals surface area (Å²) >= 11 is 3.17. The van der Waals surface area contributed by atoms with E-state index in [0.717, 1.165) is 12.8 Å². The fraction of sp³-hybridized carbons (Fsp3) is 0.857. The molecular weight excluding hydrogens is 212 g/mol. The third kappa shape index (κ3) is 2.79. The van der Waals surface area contributed by atoms with Crippen molar-refractivity contribution in [2.75, 3.05) is 18.5 Å². The lowest BCUT2D eigenvalue weighted by Gasteiger charge is -2.07. The second-order valence-corrected chi connectivity index (χ2v) is 3.15. The number of hydrogen-bond acceptors (Lipinski definition) is 3. The van der Waals surface area contributed by atoms with Crippen molar-refractivity contribution < 1.29 is 14.3 Å². The van der Waals surface area contributed by atoms with Gasteiger partial charge in [-0.25, -0.2) is 4.79 Å². The predicted octanol–water partition coefficient (Wildman–Crippen LogP) is 1.10. The van der Waals surface area contributed by atoms with Crippen LogP contribution in [0.5, 0.6) is 0 Å². The van der Waals surface area contributed by atoms with Crippen LogP contribution in [0.4, 0.5) is 0 Å². The molecule has 1 heterocycles. The topological polar surface area (TPSA) is 35.5 Å². The van der Waals surface area contributed by atoms with Crippen LogP contribution in [-0.2, 0) is 14.3 Å². The zero-order valence-corrected chi connectivity index (χ0v) is 7.80. The van der Waals surface area contributed by atoms with Crippen molar-refractivity contribution in [3.05, 3.63) is 0 Å². The first-order chi connectivity index (χ1) is 5.34. The van der Waals surface area contributed by atoms with E-state index in [4.69, 9.17) is 9.47 Å². The van der Waals surface area contributed by atoms with Gasteiger partial charge in [0.05, 0.1) is 0 Å². The molecule has 1 aliphatic rings. The normalized spacial score (nSPS) is 23.5. The fourth-order valence-corrected chi connectivity index (χ4v) is 1.16. The highest BCUT2D eigenvalue weighted by Gasteiger charge is 2.24. The molecule has 0 spiro atoms. The van der Waals surface area contributed by atoms with E-state index in [1.54, 1.807) is 0 Å². The monoisotopic (exact) mass is 222 g/mol. The lowest BCUT2D eigenvalue weighted by atomic mass is 10.2. The van der Waals surface area contributed by atoms with E-state index in [0.29, 0.717) is 18.5 Å². The summed E-state index contributed by atoms with van der Waals surface area (Å²) in [6.45, 7) is 1.12. The second kappa shape index (κ2) is 4.72. The van der Waals surface area contributed by atoms with Crippen LogP contribution in [0.2, 0.25) is 0 Å². The van der Waals surface area contributed by atoms with Crippen molar-refractivity contribution >= 4 is 21.9 Å². The summed E-state index contributed by atoms with van der Waals surface area (Å²) in [7, 11) is 0. The Morgan fingerprint density at radius 3 is 3.09 bits per heavy atom. The molecular formula is C7H11BrO3. The molecule has 4 heteroatoms. The van der Waals surface area contributed by atoms with Crippen LogP contribution >= 0.6 is 15.9 Å². The summed E-state index contributed by atoms with van der Waals surface area (Å²) in [5.41, 5.74) is 0. The van der Waals surface area contributed by atoms with E-state index in [1.165, 1.54) is 0 Å². The van der Waals surface area contributed by atoms with Gasteiger partial charge in [0.1, 0.15) is 6.61 Å². The molecule has 1 atom stereocenters. The molecule has 0 N–H and O–H groups in total. The van der Waals surface area contributed by atoms with Gasteiger partial charge < -0.3 is 9.47 Å². The van der Waals surface area contributed by atoms with E-state index in [-0.39, 0.29) is 12.1 Å². The summed E-state index contributed by atoms with van der Waals surface area (Å²) in [5, 5.41) is 0.686. The van der Waals surface area contributed by atoms with Crippen molar-refractivity contribution in [1.29, 1.82) is 0 Å². The molecule has 0 aromatic rings. The molecule has 1 saturated heterocycles. The molecule has 0 radical (unpaired) electrons. The average molecular weight is 223 g/mol. The van der Waals surface area contributed by atoms with Crippen LogP contribution in [0.1, 0.15) is 12.8 Å². The quantitative estimate of drug-likeness (QED) is 0.531. The van der Waals surface area contributed by atoms with Crippen LogP contribution in [0, 0.1) is 0 Å². The van der Waals surface area contributed by atoms with Gasteiger partial charge in [-0.1, -0.05) is 15.9 Å². The molecule has 1 unspecified atom stereocenters. The first kappa shape index (κ1) is 9.00. The molecule has 0 aliphatic carbocycles. The highest BCUT2D eigenvalue weighted by atomic mass is 79.9. The van der Waals surface area contributed by atoms with Crippen molar-refractivity contribution in [2.45, 2.75) is 18.9 Å². The minimum atomic E-state index is -0.297. The minimum absolute atomic E-state index is 0.220. The predicted molar refractivity (Wildman–Crippen MR) is 43.7 cm³/mol. The van der Waals surface area contributed by atoms with Crippen LogP contribution in [-0.4, -0.2) is 30.6 Å². The third-order valence-electron chi connectivity index (χ3n) is 1.51. The van der Waals surface area contributed by atoms with Crippen molar-refractivity contribution in [3.8, 4) is 0 Å². The molecule has 64 valence electrons. The number of alkyl halides is 1. The van der Waals surface area contributed by atoms with Gasteiger partial charge in [-0.3, -0.25) is 0 Å². The van der Waals surface area contributed by atoms with Gasteiger partial charge >= 0.3 is 5.97 Å². The zero-order valence-electron chi connectivity index (χ0n) is 6.22. The van der Waals surface area contributed by atoms with Gasteiger partial charge in [-0.15, -0.1) is 0 Å². The van der Waals surface area contributed by atoms with Gasteiger partial charge in [0, 0.05) is 11.9 Å². The maximum Gasteiger partial charge on any atom is 0.335 e. The van der Waals surface area contributed by atoms with Crippen LogP contribution in [0.25, 0.3) is 0 Å². The molecule has 11 heavy (non-hydrogen) atoms.